The van der Waals surface area contributed by atoms with Crippen LogP contribution in [-0.2, 0) is 16.4 Å². The van der Waals surface area contributed by atoms with Crippen LogP contribution in [-0.4, -0.2) is 24.1 Å². The highest BCUT2D eigenvalue weighted by molar-refractivity contribution is 7.99. The average Bonchev–Trinajstić information content (AvgIpc) is 2.78. The SMILES string of the molecule is CSc1nc2c(OCc3ccccc3)cccn2c(=N)c1S(=O)(=O)c1ccccc1. The van der Waals surface area contributed by atoms with Crippen molar-refractivity contribution in [2.45, 2.75) is 21.4 Å². The maximum atomic E-state index is 13.3. The first-order valence-corrected chi connectivity index (χ1v) is 11.8. The van der Waals surface area contributed by atoms with Crippen LogP contribution in [0.2, 0.25) is 0 Å². The van der Waals surface area contributed by atoms with Crippen LogP contribution in [0.3, 0.4) is 0 Å². The summed E-state index contributed by atoms with van der Waals surface area (Å²) < 4.78 is 33.9. The normalized spacial score (nSPS) is 11.5. The van der Waals surface area contributed by atoms with E-state index in [2.05, 4.69) is 4.98 Å². The Hall–Kier alpha value is -3.10. The third-order valence-electron chi connectivity index (χ3n) is 4.54. The van der Waals surface area contributed by atoms with Gasteiger partial charge in [-0.2, -0.15) is 0 Å². The van der Waals surface area contributed by atoms with Gasteiger partial charge in [0.15, 0.2) is 16.9 Å². The quantitative estimate of drug-likeness (QED) is 0.365. The number of nitrogens with zero attached hydrogens (tertiary/aromatic N) is 2. The number of fused-ring (bicyclic) bond motifs is 1. The molecule has 0 atom stereocenters. The number of nitrogens with one attached hydrogen (secondary N) is 1. The van der Waals surface area contributed by atoms with E-state index in [1.165, 1.54) is 28.3 Å². The second-order valence-corrected chi connectivity index (χ2v) is 9.14. The Balaban J connectivity index is 1.85. The maximum absolute atomic E-state index is 13.3. The van der Waals surface area contributed by atoms with Gasteiger partial charge < -0.3 is 4.74 Å². The lowest BCUT2D eigenvalue weighted by Crippen LogP contribution is -2.25. The number of thioether (sulfide) groups is 1. The van der Waals surface area contributed by atoms with Crippen molar-refractivity contribution in [3.05, 3.63) is 90.0 Å². The van der Waals surface area contributed by atoms with Crippen molar-refractivity contribution in [3.8, 4) is 5.75 Å². The van der Waals surface area contributed by atoms with Gasteiger partial charge in [-0.25, -0.2) is 13.4 Å². The van der Waals surface area contributed by atoms with E-state index in [-0.39, 0.29) is 20.3 Å². The van der Waals surface area contributed by atoms with Gasteiger partial charge in [0.25, 0.3) is 0 Å². The van der Waals surface area contributed by atoms with E-state index >= 15 is 0 Å². The summed E-state index contributed by atoms with van der Waals surface area (Å²) in [4.78, 5) is 4.58. The maximum Gasteiger partial charge on any atom is 0.212 e. The van der Waals surface area contributed by atoms with Gasteiger partial charge in [-0.15, -0.1) is 11.8 Å². The van der Waals surface area contributed by atoms with Gasteiger partial charge in [0.1, 0.15) is 16.5 Å². The van der Waals surface area contributed by atoms with Crippen LogP contribution in [0.15, 0.2) is 93.8 Å². The molecule has 0 aliphatic heterocycles. The Labute approximate surface area is 178 Å². The minimum Gasteiger partial charge on any atom is -0.485 e. The molecule has 4 rings (SSSR count). The van der Waals surface area contributed by atoms with Gasteiger partial charge in [-0.1, -0.05) is 48.5 Å². The summed E-state index contributed by atoms with van der Waals surface area (Å²) in [6.45, 7) is 0.341. The molecule has 2 heterocycles. The zero-order valence-electron chi connectivity index (χ0n) is 16.1. The molecule has 6 nitrogen and oxygen atoms in total. The van der Waals surface area contributed by atoms with E-state index in [0.29, 0.717) is 18.0 Å². The minimum absolute atomic E-state index is 0.112. The lowest BCUT2D eigenvalue weighted by Gasteiger charge is -2.14. The predicted octanol–water partition coefficient (Wildman–Crippen LogP) is 3.95. The molecule has 0 saturated carbocycles. The van der Waals surface area contributed by atoms with Gasteiger partial charge in [0.2, 0.25) is 9.84 Å². The smallest absolute Gasteiger partial charge is 0.212 e. The first-order chi connectivity index (χ1) is 14.5. The number of rotatable bonds is 6. The molecule has 0 aliphatic carbocycles. The molecule has 152 valence electrons. The van der Waals surface area contributed by atoms with Crippen LogP contribution in [0.5, 0.6) is 5.75 Å². The van der Waals surface area contributed by atoms with E-state index in [4.69, 9.17) is 10.1 Å². The topological polar surface area (TPSA) is 84.5 Å². The number of sulfone groups is 1. The highest BCUT2D eigenvalue weighted by atomic mass is 32.2. The van der Waals surface area contributed by atoms with Crippen LogP contribution >= 0.6 is 11.8 Å². The highest BCUT2D eigenvalue weighted by Gasteiger charge is 2.26. The van der Waals surface area contributed by atoms with Crippen molar-refractivity contribution >= 4 is 27.2 Å². The Kier molecular flexibility index (Phi) is 5.61. The first-order valence-electron chi connectivity index (χ1n) is 9.13. The predicted molar refractivity (Wildman–Crippen MR) is 115 cm³/mol. The molecule has 30 heavy (non-hydrogen) atoms. The van der Waals surface area contributed by atoms with Gasteiger partial charge in [0, 0.05) is 6.20 Å². The molecular formula is C22H19N3O3S2. The standard InChI is InChI=1S/C22H19N3O3S2/c1-29-22-19(30(26,27)17-11-6-3-7-12-17)20(23)25-14-8-13-18(21(25)24-22)28-15-16-9-4-2-5-10-16/h2-14,23H,15H2,1H3. The second kappa shape index (κ2) is 8.33. The third kappa shape index (κ3) is 3.71. The van der Waals surface area contributed by atoms with Crippen molar-refractivity contribution in [3.63, 3.8) is 0 Å². The Morgan fingerprint density at radius 2 is 1.67 bits per heavy atom. The number of aromatic nitrogens is 2. The second-order valence-electron chi connectivity index (χ2n) is 6.46. The minimum atomic E-state index is -3.90. The van der Waals surface area contributed by atoms with Gasteiger partial charge in [-0.3, -0.25) is 9.81 Å². The molecule has 4 aromatic rings. The van der Waals surface area contributed by atoms with Crippen molar-refractivity contribution in [2.24, 2.45) is 0 Å². The number of pyridine rings is 1. The fraction of sp³-hybridized carbons (Fsp3) is 0.0909. The van der Waals surface area contributed by atoms with Gasteiger partial charge >= 0.3 is 0 Å². The summed E-state index contributed by atoms with van der Waals surface area (Å²) in [5.74, 6) is 0.480. The number of hydrogen-bond acceptors (Lipinski definition) is 6. The van der Waals surface area contributed by atoms with Crippen LogP contribution < -0.4 is 10.2 Å². The van der Waals surface area contributed by atoms with Crippen LogP contribution in [0.1, 0.15) is 5.56 Å². The van der Waals surface area contributed by atoms with Crippen LogP contribution in [0.4, 0.5) is 0 Å². The molecule has 1 N–H and O–H groups in total. The summed E-state index contributed by atoms with van der Waals surface area (Å²) in [5.41, 5.74) is 1.24. The van der Waals surface area contributed by atoms with E-state index in [1.807, 2.05) is 30.3 Å². The largest absolute Gasteiger partial charge is 0.485 e. The van der Waals surface area contributed by atoms with Crippen LogP contribution in [0, 0.1) is 5.41 Å². The molecule has 0 saturated heterocycles. The molecular weight excluding hydrogens is 418 g/mol. The summed E-state index contributed by atoms with van der Waals surface area (Å²) in [5, 5.41) is 8.92. The fourth-order valence-corrected chi connectivity index (χ4v) is 5.49. The van der Waals surface area contributed by atoms with Crippen molar-refractivity contribution in [1.82, 2.24) is 9.38 Å². The van der Waals surface area contributed by atoms with Crippen molar-refractivity contribution < 1.29 is 13.2 Å². The van der Waals surface area contributed by atoms with Crippen molar-refractivity contribution in [1.29, 1.82) is 5.41 Å². The summed E-state index contributed by atoms with van der Waals surface area (Å²) >= 11 is 1.19. The molecule has 0 amide bonds. The first kappa shape index (κ1) is 20.2. The fourth-order valence-electron chi connectivity index (χ4n) is 3.07. The number of benzene rings is 2. The van der Waals surface area contributed by atoms with Gasteiger partial charge in [0.05, 0.1) is 4.90 Å². The molecule has 0 aliphatic rings. The lowest BCUT2D eigenvalue weighted by atomic mass is 10.2. The molecule has 0 bridgehead atoms. The molecule has 8 heteroatoms. The third-order valence-corrected chi connectivity index (χ3v) is 7.17. The molecule has 0 fully saturated rings. The zero-order chi connectivity index (χ0) is 21.1. The molecule has 2 aromatic carbocycles. The van der Waals surface area contributed by atoms with E-state index in [9.17, 15) is 8.42 Å². The molecule has 0 unspecified atom stereocenters. The Morgan fingerprint density at radius 3 is 2.33 bits per heavy atom. The van der Waals surface area contributed by atoms with Crippen LogP contribution in [0.25, 0.3) is 5.65 Å². The average molecular weight is 438 g/mol. The Morgan fingerprint density at radius 1 is 1.00 bits per heavy atom. The highest BCUT2D eigenvalue weighted by Crippen LogP contribution is 2.28. The van der Waals surface area contributed by atoms with E-state index < -0.39 is 9.84 Å². The summed E-state index contributed by atoms with van der Waals surface area (Å²) in [7, 11) is -3.90. The summed E-state index contributed by atoms with van der Waals surface area (Å²) in [6, 6.07) is 21.3. The van der Waals surface area contributed by atoms with E-state index in [0.717, 1.165) is 5.56 Å². The van der Waals surface area contributed by atoms with E-state index in [1.54, 1.807) is 42.8 Å². The lowest BCUT2D eigenvalue weighted by molar-refractivity contribution is 0.307. The monoisotopic (exact) mass is 437 g/mol. The number of ether oxygens (including phenoxy) is 1. The molecule has 0 radical (unpaired) electrons. The van der Waals surface area contributed by atoms with Crippen molar-refractivity contribution in [2.75, 3.05) is 6.26 Å². The van der Waals surface area contributed by atoms with Gasteiger partial charge in [-0.05, 0) is 36.1 Å². The Bertz CT molecular complexity index is 1350. The number of hydrogen-bond donors (Lipinski definition) is 1. The zero-order valence-corrected chi connectivity index (χ0v) is 17.8. The molecule has 2 aromatic heterocycles. The molecule has 0 spiro atoms. The summed E-state index contributed by atoms with van der Waals surface area (Å²) in [6.07, 6.45) is 3.36.